The van der Waals surface area contributed by atoms with Crippen LogP contribution in [0.1, 0.15) is 52.4 Å². The van der Waals surface area contributed by atoms with Gasteiger partial charge >= 0.3 is 0 Å². The van der Waals surface area contributed by atoms with E-state index < -0.39 is 0 Å². The van der Waals surface area contributed by atoms with E-state index in [0.29, 0.717) is 6.42 Å². The molecule has 0 heterocycles. The smallest absolute Gasteiger partial charge is 0.221 e. The molecule has 3 nitrogen and oxygen atoms in total. The summed E-state index contributed by atoms with van der Waals surface area (Å²) in [5.41, 5.74) is 0. The van der Waals surface area contributed by atoms with Crippen LogP contribution in [0.25, 0.3) is 0 Å². The van der Waals surface area contributed by atoms with Gasteiger partial charge < -0.3 is 10.6 Å². The molecule has 1 aliphatic rings. The van der Waals surface area contributed by atoms with Gasteiger partial charge in [-0.2, -0.15) is 0 Å². The summed E-state index contributed by atoms with van der Waals surface area (Å²) in [6.07, 6.45) is 7.24. The highest BCUT2D eigenvalue weighted by Crippen LogP contribution is 2.29. The zero-order valence-electron chi connectivity index (χ0n) is 11.4. The van der Waals surface area contributed by atoms with Crippen molar-refractivity contribution in [3.8, 4) is 0 Å². The molecule has 0 aromatic carbocycles. The highest BCUT2D eigenvalue weighted by Gasteiger charge is 2.19. The van der Waals surface area contributed by atoms with Gasteiger partial charge in [0.25, 0.3) is 0 Å². The normalized spacial score (nSPS) is 24.6. The molecular weight excluding hydrogens is 212 g/mol. The molecule has 0 aliphatic heterocycles. The molecular formula is C14H28N2O. The van der Waals surface area contributed by atoms with Crippen LogP contribution < -0.4 is 10.6 Å². The maximum absolute atomic E-state index is 11.5. The molecule has 0 unspecified atom stereocenters. The van der Waals surface area contributed by atoms with Crippen molar-refractivity contribution in [3.63, 3.8) is 0 Å². The summed E-state index contributed by atoms with van der Waals surface area (Å²) < 4.78 is 0. The molecule has 100 valence electrons. The van der Waals surface area contributed by atoms with Gasteiger partial charge in [0.05, 0.1) is 0 Å². The summed E-state index contributed by atoms with van der Waals surface area (Å²) in [5, 5.41) is 6.23. The molecule has 1 rings (SSSR count). The van der Waals surface area contributed by atoms with Crippen LogP contribution in [-0.4, -0.2) is 25.5 Å². The van der Waals surface area contributed by atoms with E-state index in [1.165, 1.54) is 32.1 Å². The Morgan fingerprint density at radius 2 is 1.76 bits per heavy atom. The maximum atomic E-state index is 11.5. The van der Waals surface area contributed by atoms with Gasteiger partial charge in [-0.05, 0) is 31.2 Å². The molecule has 1 aliphatic carbocycles. The highest BCUT2D eigenvalue weighted by molar-refractivity contribution is 5.76. The van der Waals surface area contributed by atoms with Crippen LogP contribution >= 0.6 is 0 Å². The average Bonchev–Trinajstić information content (AvgIpc) is 2.37. The quantitative estimate of drug-likeness (QED) is 0.671. The Morgan fingerprint density at radius 1 is 1.12 bits per heavy atom. The second-order valence-corrected chi connectivity index (χ2v) is 5.20. The Labute approximate surface area is 106 Å². The van der Waals surface area contributed by atoms with Crippen molar-refractivity contribution in [2.45, 2.75) is 52.4 Å². The fraction of sp³-hybridized carbons (Fsp3) is 0.929. The summed E-state index contributed by atoms with van der Waals surface area (Å²) >= 11 is 0. The first-order valence-electron chi connectivity index (χ1n) is 7.23. The topological polar surface area (TPSA) is 41.1 Å². The summed E-state index contributed by atoms with van der Waals surface area (Å²) in [7, 11) is 0. The Bertz CT molecular complexity index is 210. The fourth-order valence-corrected chi connectivity index (χ4v) is 2.57. The summed E-state index contributed by atoms with van der Waals surface area (Å²) in [6.45, 7) is 6.97. The van der Waals surface area contributed by atoms with Gasteiger partial charge in [0.1, 0.15) is 0 Å². The minimum Gasteiger partial charge on any atom is -0.356 e. The van der Waals surface area contributed by atoms with Crippen molar-refractivity contribution in [2.24, 2.45) is 11.8 Å². The van der Waals surface area contributed by atoms with Gasteiger partial charge in [-0.1, -0.05) is 33.1 Å². The van der Waals surface area contributed by atoms with E-state index in [2.05, 4.69) is 24.5 Å². The Morgan fingerprint density at radius 3 is 2.35 bits per heavy atom. The standard InChI is InChI=1S/C14H28N2O/c1-3-12-5-7-13(8-6-12)11-16-14(17)9-10-15-4-2/h12-13,15H,3-11H2,1-2H3,(H,16,17). The fourth-order valence-electron chi connectivity index (χ4n) is 2.57. The van der Waals surface area contributed by atoms with Crippen LogP contribution in [0.5, 0.6) is 0 Å². The van der Waals surface area contributed by atoms with Crippen LogP contribution in [-0.2, 0) is 4.79 Å². The number of rotatable bonds is 7. The minimum absolute atomic E-state index is 0.198. The zero-order valence-corrected chi connectivity index (χ0v) is 11.4. The molecule has 1 fully saturated rings. The first kappa shape index (κ1) is 14.5. The summed E-state index contributed by atoms with van der Waals surface area (Å²) in [6, 6.07) is 0. The predicted octanol–water partition coefficient (Wildman–Crippen LogP) is 2.32. The molecule has 1 saturated carbocycles. The molecule has 0 radical (unpaired) electrons. The number of carbonyl (C=O) groups is 1. The highest BCUT2D eigenvalue weighted by atomic mass is 16.1. The molecule has 0 atom stereocenters. The Kier molecular flexibility index (Phi) is 7.25. The van der Waals surface area contributed by atoms with E-state index in [1.807, 2.05) is 0 Å². The second kappa shape index (κ2) is 8.51. The summed E-state index contributed by atoms with van der Waals surface area (Å²) in [4.78, 5) is 11.5. The summed E-state index contributed by atoms with van der Waals surface area (Å²) in [5.74, 6) is 1.86. The van der Waals surface area contributed by atoms with Crippen LogP contribution in [0.2, 0.25) is 0 Å². The van der Waals surface area contributed by atoms with Crippen molar-refractivity contribution in [1.29, 1.82) is 0 Å². The van der Waals surface area contributed by atoms with Crippen molar-refractivity contribution < 1.29 is 4.79 Å². The molecule has 0 bridgehead atoms. The van der Waals surface area contributed by atoms with Gasteiger partial charge in [0, 0.05) is 19.5 Å². The zero-order chi connectivity index (χ0) is 12.5. The monoisotopic (exact) mass is 240 g/mol. The third kappa shape index (κ3) is 6.06. The van der Waals surface area contributed by atoms with E-state index in [0.717, 1.165) is 31.5 Å². The van der Waals surface area contributed by atoms with Crippen molar-refractivity contribution in [1.82, 2.24) is 10.6 Å². The number of nitrogens with one attached hydrogen (secondary N) is 2. The van der Waals surface area contributed by atoms with Crippen molar-refractivity contribution in [2.75, 3.05) is 19.6 Å². The van der Waals surface area contributed by atoms with E-state index in [9.17, 15) is 4.79 Å². The largest absolute Gasteiger partial charge is 0.356 e. The van der Waals surface area contributed by atoms with Gasteiger partial charge in [0.15, 0.2) is 0 Å². The first-order chi connectivity index (χ1) is 8.26. The molecule has 0 spiro atoms. The van der Waals surface area contributed by atoms with Crippen LogP contribution in [0.4, 0.5) is 0 Å². The van der Waals surface area contributed by atoms with E-state index >= 15 is 0 Å². The molecule has 0 aromatic rings. The molecule has 0 aromatic heterocycles. The van der Waals surface area contributed by atoms with E-state index in [-0.39, 0.29) is 5.91 Å². The Hall–Kier alpha value is -0.570. The maximum Gasteiger partial charge on any atom is 0.221 e. The van der Waals surface area contributed by atoms with Gasteiger partial charge in [0.2, 0.25) is 5.91 Å². The van der Waals surface area contributed by atoms with Crippen LogP contribution in [0, 0.1) is 11.8 Å². The minimum atomic E-state index is 0.198. The lowest BCUT2D eigenvalue weighted by atomic mass is 9.81. The lowest BCUT2D eigenvalue weighted by Crippen LogP contribution is -2.33. The number of hydrogen-bond acceptors (Lipinski definition) is 2. The third-order valence-corrected chi connectivity index (χ3v) is 3.91. The molecule has 2 N–H and O–H groups in total. The van der Waals surface area contributed by atoms with E-state index in [4.69, 9.17) is 0 Å². The molecule has 1 amide bonds. The van der Waals surface area contributed by atoms with Gasteiger partial charge in [-0.25, -0.2) is 0 Å². The van der Waals surface area contributed by atoms with Crippen LogP contribution in [0.3, 0.4) is 0 Å². The Balaban J connectivity index is 2.04. The molecule has 17 heavy (non-hydrogen) atoms. The number of hydrogen-bond donors (Lipinski definition) is 2. The average molecular weight is 240 g/mol. The van der Waals surface area contributed by atoms with Gasteiger partial charge in [-0.15, -0.1) is 0 Å². The predicted molar refractivity (Wildman–Crippen MR) is 71.9 cm³/mol. The SMILES string of the molecule is CCNCCC(=O)NCC1CCC(CC)CC1. The van der Waals surface area contributed by atoms with Crippen LogP contribution in [0.15, 0.2) is 0 Å². The number of amides is 1. The second-order valence-electron chi connectivity index (χ2n) is 5.20. The van der Waals surface area contributed by atoms with Crippen molar-refractivity contribution >= 4 is 5.91 Å². The van der Waals surface area contributed by atoms with Crippen molar-refractivity contribution in [3.05, 3.63) is 0 Å². The third-order valence-electron chi connectivity index (χ3n) is 3.91. The number of carbonyl (C=O) groups excluding carboxylic acids is 1. The van der Waals surface area contributed by atoms with E-state index in [1.54, 1.807) is 0 Å². The van der Waals surface area contributed by atoms with Gasteiger partial charge in [-0.3, -0.25) is 4.79 Å². The lowest BCUT2D eigenvalue weighted by molar-refractivity contribution is -0.121. The molecule has 3 heteroatoms. The molecule has 0 saturated heterocycles. The lowest BCUT2D eigenvalue weighted by Gasteiger charge is -2.27. The first-order valence-corrected chi connectivity index (χ1v) is 7.23.